The maximum absolute atomic E-state index is 12.2. The van der Waals surface area contributed by atoms with E-state index in [1.165, 1.54) is 6.07 Å². The van der Waals surface area contributed by atoms with Gasteiger partial charge in [-0.2, -0.15) is 0 Å². The van der Waals surface area contributed by atoms with E-state index in [1.54, 1.807) is 12.1 Å². The second-order valence-electron chi connectivity index (χ2n) is 5.24. The van der Waals surface area contributed by atoms with E-state index in [9.17, 15) is 8.42 Å². The number of halogens is 1. The third kappa shape index (κ3) is 4.40. The Bertz CT molecular complexity index is 597. The molecule has 21 heavy (non-hydrogen) atoms. The van der Waals surface area contributed by atoms with Crippen molar-refractivity contribution in [2.24, 2.45) is 0 Å². The van der Waals surface area contributed by atoms with Crippen molar-refractivity contribution in [3.05, 3.63) is 28.8 Å². The molecule has 0 aromatic heterocycles. The minimum Gasteiger partial charge on any atom is -0.350 e. The van der Waals surface area contributed by atoms with Crippen molar-refractivity contribution < 1.29 is 17.9 Å². The molecule has 0 amide bonds. The summed E-state index contributed by atoms with van der Waals surface area (Å²) < 4.78 is 38.0. The van der Waals surface area contributed by atoms with Gasteiger partial charge in [-0.15, -0.1) is 0 Å². The molecule has 0 bridgehead atoms. The molecule has 0 unspecified atom stereocenters. The zero-order valence-corrected chi connectivity index (χ0v) is 13.8. The van der Waals surface area contributed by atoms with Crippen molar-refractivity contribution in [3.8, 4) is 0 Å². The van der Waals surface area contributed by atoms with E-state index in [-0.39, 0.29) is 11.4 Å². The fourth-order valence-electron chi connectivity index (χ4n) is 2.06. The molecule has 1 aromatic rings. The summed E-state index contributed by atoms with van der Waals surface area (Å²) in [4.78, 5) is 0.161. The van der Waals surface area contributed by atoms with Gasteiger partial charge in [-0.25, -0.2) is 13.1 Å². The highest BCUT2D eigenvalue weighted by Crippen LogP contribution is 2.23. The van der Waals surface area contributed by atoms with Gasteiger partial charge in [-0.05, 0) is 38.0 Å². The SMILES string of the molecule is Cc1ccc(S(=O)(=O)NCCC2(C)OCCCO2)cc1Cl. The quantitative estimate of drug-likeness (QED) is 0.899. The summed E-state index contributed by atoms with van der Waals surface area (Å²) in [7, 11) is -3.57. The normalized spacial score (nSPS) is 18.6. The number of hydrogen-bond acceptors (Lipinski definition) is 4. The second kappa shape index (κ2) is 6.62. The van der Waals surface area contributed by atoms with Crippen LogP contribution in [-0.4, -0.2) is 34.0 Å². The summed E-state index contributed by atoms with van der Waals surface area (Å²) >= 11 is 5.97. The highest BCUT2D eigenvalue weighted by molar-refractivity contribution is 7.89. The van der Waals surface area contributed by atoms with E-state index in [0.29, 0.717) is 24.7 Å². The van der Waals surface area contributed by atoms with Gasteiger partial charge < -0.3 is 9.47 Å². The molecule has 1 aromatic carbocycles. The fourth-order valence-corrected chi connectivity index (χ4v) is 3.36. The fraction of sp³-hybridized carbons (Fsp3) is 0.571. The molecular weight excluding hydrogens is 314 g/mol. The van der Waals surface area contributed by atoms with E-state index >= 15 is 0 Å². The lowest BCUT2D eigenvalue weighted by Gasteiger charge is -2.33. The van der Waals surface area contributed by atoms with E-state index in [2.05, 4.69) is 4.72 Å². The number of ether oxygens (including phenoxy) is 2. The minimum atomic E-state index is -3.57. The molecule has 1 aliphatic heterocycles. The smallest absolute Gasteiger partial charge is 0.240 e. The molecule has 1 N–H and O–H groups in total. The number of sulfonamides is 1. The third-order valence-corrected chi connectivity index (χ3v) is 5.29. The first kappa shape index (κ1) is 16.7. The second-order valence-corrected chi connectivity index (χ2v) is 7.42. The van der Waals surface area contributed by atoms with Gasteiger partial charge >= 0.3 is 0 Å². The molecule has 0 atom stereocenters. The van der Waals surface area contributed by atoms with Crippen LogP contribution in [-0.2, 0) is 19.5 Å². The first-order chi connectivity index (χ1) is 9.82. The molecule has 1 fully saturated rings. The van der Waals surface area contributed by atoms with E-state index in [4.69, 9.17) is 21.1 Å². The Labute approximate surface area is 130 Å². The van der Waals surface area contributed by atoms with Crippen molar-refractivity contribution in [3.63, 3.8) is 0 Å². The van der Waals surface area contributed by atoms with Crippen LogP contribution >= 0.6 is 11.6 Å². The predicted octanol–water partition coefficient (Wildman–Crippen LogP) is 2.47. The molecule has 0 aliphatic carbocycles. The lowest BCUT2D eigenvalue weighted by molar-refractivity contribution is -0.257. The Hall–Kier alpha value is -0.660. The molecule has 7 heteroatoms. The summed E-state index contributed by atoms with van der Waals surface area (Å²) in [6.45, 7) is 5.16. The molecule has 0 spiro atoms. The molecule has 5 nitrogen and oxygen atoms in total. The van der Waals surface area contributed by atoms with Crippen LogP contribution in [0.4, 0.5) is 0 Å². The van der Waals surface area contributed by atoms with Crippen LogP contribution in [0.2, 0.25) is 5.02 Å². The summed E-state index contributed by atoms with van der Waals surface area (Å²) in [5.74, 6) is -0.717. The van der Waals surface area contributed by atoms with Crippen molar-refractivity contribution in [1.29, 1.82) is 0 Å². The molecule has 0 saturated carbocycles. The summed E-state index contributed by atoms with van der Waals surface area (Å²) in [6.07, 6.45) is 1.31. The maximum atomic E-state index is 12.2. The first-order valence-electron chi connectivity index (χ1n) is 6.86. The molecule has 118 valence electrons. The van der Waals surface area contributed by atoms with Gasteiger partial charge in [0.25, 0.3) is 0 Å². The Morgan fingerprint density at radius 1 is 1.33 bits per heavy atom. The van der Waals surface area contributed by atoms with E-state index in [1.807, 2.05) is 13.8 Å². The molecule has 1 saturated heterocycles. The Kier molecular flexibility index (Phi) is 5.27. The number of nitrogens with one attached hydrogen (secondary N) is 1. The zero-order chi connectivity index (χ0) is 15.5. The Morgan fingerprint density at radius 3 is 2.62 bits per heavy atom. The molecular formula is C14H20ClNO4S. The van der Waals surface area contributed by atoms with E-state index in [0.717, 1.165) is 12.0 Å². The van der Waals surface area contributed by atoms with Crippen LogP contribution in [0.3, 0.4) is 0 Å². The summed E-state index contributed by atoms with van der Waals surface area (Å²) in [5, 5.41) is 0.434. The average Bonchev–Trinajstić information content (AvgIpc) is 2.42. The van der Waals surface area contributed by atoms with Crippen LogP contribution < -0.4 is 4.72 Å². The highest BCUT2D eigenvalue weighted by atomic mass is 35.5. The lowest BCUT2D eigenvalue weighted by atomic mass is 10.2. The monoisotopic (exact) mass is 333 g/mol. The minimum absolute atomic E-state index is 0.161. The van der Waals surface area contributed by atoms with Gasteiger partial charge in [0.15, 0.2) is 5.79 Å². The van der Waals surface area contributed by atoms with Crippen LogP contribution in [0.5, 0.6) is 0 Å². The van der Waals surface area contributed by atoms with Gasteiger partial charge in [0.05, 0.1) is 18.1 Å². The zero-order valence-electron chi connectivity index (χ0n) is 12.2. The lowest BCUT2D eigenvalue weighted by Crippen LogP contribution is -2.40. The molecule has 1 heterocycles. The van der Waals surface area contributed by atoms with Crippen LogP contribution in [0.15, 0.2) is 23.1 Å². The Morgan fingerprint density at radius 2 is 2.00 bits per heavy atom. The van der Waals surface area contributed by atoms with Crippen molar-refractivity contribution in [2.45, 2.75) is 37.4 Å². The molecule has 0 radical (unpaired) electrons. The van der Waals surface area contributed by atoms with Gasteiger partial charge in [0, 0.05) is 18.0 Å². The summed E-state index contributed by atoms with van der Waals surface area (Å²) in [5.41, 5.74) is 0.840. The summed E-state index contributed by atoms with van der Waals surface area (Å²) in [6, 6.07) is 4.68. The van der Waals surface area contributed by atoms with Crippen LogP contribution in [0, 0.1) is 6.92 Å². The van der Waals surface area contributed by atoms with Crippen molar-refractivity contribution in [1.82, 2.24) is 4.72 Å². The van der Waals surface area contributed by atoms with Crippen molar-refractivity contribution >= 4 is 21.6 Å². The van der Waals surface area contributed by atoms with Gasteiger partial charge in [-0.3, -0.25) is 0 Å². The largest absolute Gasteiger partial charge is 0.350 e. The molecule has 1 aliphatic rings. The topological polar surface area (TPSA) is 64.6 Å². The average molecular weight is 334 g/mol. The molecule has 2 rings (SSSR count). The Balaban J connectivity index is 1.96. The van der Waals surface area contributed by atoms with Gasteiger partial charge in [0.2, 0.25) is 10.0 Å². The van der Waals surface area contributed by atoms with Crippen LogP contribution in [0.1, 0.15) is 25.3 Å². The van der Waals surface area contributed by atoms with Crippen LogP contribution in [0.25, 0.3) is 0 Å². The standard InChI is InChI=1S/C14H20ClNO4S/c1-11-4-5-12(10-13(11)15)21(17,18)16-7-6-14(2)19-8-3-9-20-14/h4-5,10,16H,3,6-9H2,1-2H3. The van der Waals surface area contributed by atoms with Gasteiger partial charge in [-0.1, -0.05) is 17.7 Å². The van der Waals surface area contributed by atoms with Gasteiger partial charge in [0.1, 0.15) is 0 Å². The number of benzene rings is 1. The maximum Gasteiger partial charge on any atom is 0.240 e. The predicted molar refractivity (Wildman–Crippen MR) is 80.9 cm³/mol. The first-order valence-corrected chi connectivity index (χ1v) is 8.72. The number of rotatable bonds is 5. The third-order valence-electron chi connectivity index (χ3n) is 3.43. The number of hydrogen-bond donors (Lipinski definition) is 1. The number of aryl methyl sites for hydroxylation is 1. The van der Waals surface area contributed by atoms with Crippen molar-refractivity contribution in [2.75, 3.05) is 19.8 Å². The highest BCUT2D eigenvalue weighted by Gasteiger charge is 2.29. The van der Waals surface area contributed by atoms with E-state index < -0.39 is 15.8 Å².